The standard InChI is InChI=1S/C22H25FN6/c23-20-5-7-21(8-6-20)28-11-13-29(14-12-28)22(24)26-15-18-3-1-2-4-19(18)16-27-10-9-25-17-27/h1-10,17H,11-16H2,(H2,24,26). The number of halogens is 1. The lowest BCUT2D eigenvalue weighted by molar-refractivity contribution is 0.380. The highest BCUT2D eigenvalue weighted by Crippen LogP contribution is 2.17. The first-order valence-corrected chi connectivity index (χ1v) is 9.77. The van der Waals surface area contributed by atoms with Gasteiger partial charge < -0.3 is 20.1 Å². The quantitative estimate of drug-likeness (QED) is 0.536. The summed E-state index contributed by atoms with van der Waals surface area (Å²) in [4.78, 5) is 13.1. The summed E-state index contributed by atoms with van der Waals surface area (Å²) in [6.07, 6.45) is 5.55. The number of anilines is 1. The largest absolute Gasteiger partial charge is 0.370 e. The molecule has 2 heterocycles. The molecule has 0 saturated carbocycles. The zero-order valence-corrected chi connectivity index (χ0v) is 16.3. The number of piperazine rings is 1. The third-order valence-corrected chi connectivity index (χ3v) is 5.24. The lowest BCUT2D eigenvalue weighted by Gasteiger charge is -2.36. The van der Waals surface area contributed by atoms with Crippen LogP contribution in [0.2, 0.25) is 0 Å². The fraction of sp³-hybridized carbons (Fsp3) is 0.273. The van der Waals surface area contributed by atoms with E-state index in [9.17, 15) is 4.39 Å². The molecule has 7 heteroatoms. The molecule has 1 aliphatic rings. The lowest BCUT2D eigenvalue weighted by atomic mass is 10.1. The third kappa shape index (κ3) is 4.74. The topological polar surface area (TPSA) is 62.7 Å². The van der Waals surface area contributed by atoms with E-state index in [2.05, 4.69) is 31.9 Å². The van der Waals surface area contributed by atoms with Crippen molar-refractivity contribution in [2.75, 3.05) is 31.1 Å². The summed E-state index contributed by atoms with van der Waals surface area (Å²) in [6, 6.07) is 14.9. The number of benzene rings is 2. The lowest BCUT2D eigenvalue weighted by Crippen LogP contribution is -2.51. The predicted molar refractivity (Wildman–Crippen MR) is 113 cm³/mol. The zero-order chi connectivity index (χ0) is 20.1. The Kier molecular flexibility index (Phi) is 5.74. The highest BCUT2D eigenvalue weighted by molar-refractivity contribution is 5.78. The van der Waals surface area contributed by atoms with Gasteiger partial charge in [-0.3, -0.25) is 0 Å². The van der Waals surface area contributed by atoms with Crippen LogP contribution in [0.1, 0.15) is 11.1 Å². The van der Waals surface area contributed by atoms with Crippen LogP contribution in [0.25, 0.3) is 0 Å². The zero-order valence-electron chi connectivity index (χ0n) is 16.3. The van der Waals surface area contributed by atoms with Gasteiger partial charge in [0.1, 0.15) is 5.82 Å². The van der Waals surface area contributed by atoms with E-state index in [4.69, 9.17) is 5.73 Å². The van der Waals surface area contributed by atoms with Crippen LogP contribution in [-0.4, -0.2) is 46.6 Å². The average molecular weight is 392 g/mol. The van der Waals surface area contributed by atoms with Crippen molar-refractivity contribution in [2.24, 2.45) is 10.7 Å². The van der Waals surface area contributed by atoms with Crippen LogP contribution < -0.4 is 10.6 Å². The van der Waals surface area contributed by atoms with E-state index < -0.39 is 0 Å². The Morgan fingerprint density at radius 1 is 1.00 bits per heavy atom. The second-order valence-corrected chi connectivity index (χ2v) is 7.13. The van der Waals surface area contributed by atoms with Gasteiger partial charge in [0.2, 0.25) is 0 Å². The fourth-order valence-electron chi connectivity index (χ4n) is 3.55. The van der Waals surface area contributed by atoms with Crippen LogP contribution in [0.15, 0.2) is 72.2 Å². The average Bonchev–Trinajstić information content (AvgIpc) is 3.27. The van der Waals surface area contributed by atoms with Gasteiger partial charge in [0.15, 0.2) is 5.96 Å². The summed E-state index contributed by atoms with van der Waals surface area (Å²) in [5.41, 5.74) is 9.69. The highest BCUT2D eigenvalue weighted by atomic mass is 19.1. The number of hydrogen-bond donors (Lipinski definition) is 1. The molecule has 1 aliphatic heterocycles. The number of imidazole rings is 1. The predicted octanol–water partition coefficient (Wildman–Crippen LogP) is 2.71. The molecule has 6 nitrogen and oxygen atoms in total. The van der Waals surface area contributed by atoms with Crippen LogP contribution in [-0.2, 0) is 13.1 Å². The minimum absolute atomic E-state index is 0.211. The normalized spacial score (nSPS) is 15.0. The molecule has 0 bridgehead atoms. The summed E-state index contributed by atoms with van der Waals surface area (Å²) in [6.45, 7) is 4.57. The summed E-state index contributed by atoms with van der Waals surface area (Å²) in [7, 11) is 0. The van der Waals surface area contributed by atoms with Crippen LogP contribution in [0.3, 0.4) is 0 Å². The molecule has 0 amide bonds. The van der Waals surface area contributed by atoms with E-state index in [1.807, 2.05) is 41.4 Å². The maximum Gasteiger partial charge on any atom is 0.191 e. The van der Waals surface area contributed by atoms with E-state index in [0.29, 0.717) is 12.5 Å². The van der Waals surface area contributed by atoms with E-state index in [1.54, 1.807) is 6.20 Å². The molecule has 29 heavy (non-hydrogen) atoms. The SMILES string of the molecule is NC(=NCc1ccccc1Cn1ccnc1)N1CCN(c2ccc(F)cc2)CC1. The Balaban J connectivity index is 1.36. The minimum atomic E-state index is -0.211. The number of nitrogens with zero attached hydrogens (tertiary/aromatic N) is 5. The highest BCUT2D eigenvalue weighted by Gasteiger charge is 2.18. The Morgan fingerprint density at radius 3 is 2.41 bits per heavy atom. The molecule has 2 N–H and O–H groups in total. The van der Waals surface area contributed by atoms with Crippen molar-refractivity contribution >= 4 is 11.6 Å². The summed E-state index contributed by atoms with van der Waals surface area (Å²) < 4.78 is 15.2. The van der Waals surface area contributed by atoms with Gasteiger partial charge in [-0.15, -0.1) is 0 Å². The monoisotopic (exact) mass is 392 g/mol. The number of hydrogen-bond acceptors (Lipinski definition) is 3. The minimum Gasteiger partial charge on any atom is -0.370 e. The molecule has 4 rings (SSSR count). The summed E-state index contributed by atoms with van der Waals surface area (Å²) >= 11 is 0. The van der Waals surface area contributed by atoms with E-state index in [0.717, 1.165) is 44.0 Å². The molecule has 0 aliphatic carbocycles. The van der Waals surface area contributed by atoms with Crippen LogP contribution >= 0.6 is 0 Å². The smallest absolute Gasteiger partial charge is 0.191 e. The first kappa shape index (κ1) is 19.0. The first-order chi connectivity index (χ1) is 14.2. The molecular formula is C22H25FN6. The molecular weight excluding hydrogens is 367 g/mol. The number of nitrogens with two attached hydrogens (primary N) is 1. The maximum atomic E-state index is 13.1. The van der Waals surface area contributed by atoms with Crippen molar-refractivity contribution in [2.45, 2.75) is 13.1 Å². The second kappa shape index (κ2) is 8.77. The molecule has 0 radical (unpaired) electrons. The molecule has 150 valence electrons. The van der Waals surface area contributed by atoms with Crippen molar-refractivity contribution < 1.29 is 4.39 Å². The Morgan fingerprint density at radius 2 is 1.72 bits per heavy atom. The van der Waals surface area contributed by atoms with Crippen LogP contribution in [0.5, 0.6) is 0 Å². The van der Waals surface area contributed by atoms with Crippen molar-refractivity contribution in [1.29, 1.82) is 0 Å². The van der Waals surface area contributed by atoms with Crippen LogP contribution in [0, 0.1) is 5.82 Å². The van der Waals surface area contributed by atoms with Gasteiger partial charge in [-0.2, -0.15) is 0 Å². The number of rotatable bonds is 5. The van der Waals surface area contributed by atoms with E-state index in [1.165, 1.54) is 17.7 Å². The summed E-state index contributed by atoms with van der Waals surface area (Å²) in [5.74, 6) is 0.360. The Bertz CT molecular complexity index is 944. The molecule has 0 spiro atoms. The molecule has 2 aromatic carbocycles. The van der Waals surface area contributed by atoms with E-state index >= 15 is 0 Å². The van der Waals surface area contributed by atoms with Gasteiger partial charge in [0.25, 0.3) is 0 Å². The first-order valence-electron chi connectivity index (χ1n) is 9.77. The molecule has 0 unspecified atom stereocenters. The molecule has 0 atom stereocenters. The van der Waals surface area contributed by atoms with Gasteiger partial charge in [-0.25, -0.2) is 14.4 Å². The molecule has 1 fully saturated rings. The molecule has 1 aromatic heterocycles. The van der Waals surface area contributed by atoms with E-state index in [-0.39, 0.29) is 5.82 Å². The second-order valence-electron chi connectivity index (χ2n) is 7.13. The molecule has 1 saturated heterocycles. The molecule has 3 aromatic rings. The third-order valence-electron chi connectivity index (χ3n) is 5.24. The Hall–Kier alpha value is -3.35. The van der Waals surface area contributed by atoms with Crippen molar-refractivity contribution in [1.82, 2.24) is 14.5 Å². The number of aromatic nitrogens is 2. The number of guanidine groups is 1. The van der Waals surface area contributed by atoms with Crippen molar-refractivity contribution in [3.05, 3.63) is 84.2 Å². The van der Waals surface area contributed by atoms with Gasteiger partial charge >= 0.3 is 0 Å². The van der Waals surface area contributed by atoms with Crippen molar-refractivity contribution in [3.8, 4) is 0 Å². The van der Waals surface area contributed by atoms with Gasteiger partial charge in [0, 0.05) is 50.8 Å². The number of aliphatic imine (C=N–C) groups is 1. The van der Waals surface area contributed by atoms with Gasteiger partial charge in [-0.05, 0) is 35.4 Å². The van der Waals surface area contributed by atoms with Crippen LogP contribution in [0.4, 0.5) is 10.1 Å². The van der Waals surface area contributed by atoms with Gasteiger partial charge in [-0.1, -0.05) is 24.3 Å². The van der Waals surface area contributed by atoms with Crippen molar-refractivity contribution in [3.63, 3.8) is 0 Å². The Labute approximate surface area is 170 Å². The fourth-order valence-corrected chi connectivity index (χ4v) is 3.55. The van der Waals surface area contributed by atoms with Gasteiger partial charge in [0.05, 0.1) is 12.9 Å². The maximum absolute atomic E-state index is 13.1. The summed E-state index contributed by atoms with van der Waals surface area (Å²) in [5, 5.41) is 0.